The quantitative estimate of drug-likeness (QED) is 0.0719. The highest BCUT2D eigenvalue weighted by molar-refractivity contribution is 7.99. The summed E-state index contributed by atoms with van der Waals surface area (Å²) in [4.78, 5) is 26.9. The second kappa shape index (κ2) is 14.9. The van der Waals surface area contributed by atoms with Crippen molar-refractivity contribution in [1.82, 2.24) is 14.8 Å². The van der Waals surface area contributed by atoms with Crippen molar-refractivity contribution >= 4 is 63.2 Å². The van der Waals surface area contributed by atoms with Crippen LogP contribution in [0.3, 0.4) is 0 Å². The number of ether oxygens (including phenoxy) is 2. The molecule has 0 saturated carbocycles. The van der Waals surface area contributed by atoms with Crippen molar-refractivity contribution in [2.45, 2.75) is 63.6 Å². The van der Waals surface area contributed by atoms with Gasteiger partial charge in [-0.15, -0.1) is 28.1 Å². The average Bonchev–Trinajstić information content (AvgIpc) is 3.38. The normalized spacial score (nSPS) is 12.9. The van der Waals surface area contributed by atoms with E-state index in [0.717, 1.165) is 43.5 Å². The molecule has 2 heterocycles. The molecule has 40 heavy (non-hydrogen) atoms. The van der Waals surface area contributed by atoms with Crippen LogP contribution in [0.1, 0.15) is 59.2 Å². The second-order valence-electron chi connectivity index (χ2n) is 9.15. The molecule has 0 unspecified atom stereocenters. The third-order valence-electron chi connectivity index (χ3n) is 6.29. The maximum absolute atomic E-state index is 13.0. The molecule has 0 spiro atoms. The van der Waals surface area contributed by atoms with Gasteiger partial charge in [-0.2, -0.15) is 0 Å². The Morgan fingerprint density at radius 3 is 2.83 bits per heavy atom. The molecule has 0 atom stereocenters. The first-order chi connectivity index (χ1) is 19.4. The fourth-order valence-corrected chi connectivity index (χ4v) is 6.99. The maximum atomic E-state index is 13.0. The molecule has 0 aliphatic heterocycles. The maximum Gasteiger partial charge on any atom is 0.341 e. The van der Waals surface area contributed by atoms with E-state index in [9.17, 15) is 9.59 Å². The highest BCUT2D eigenvalue weighted by Gasteiger charge is 2.27. The van der Waals surface area contributed by atoms with Gasteiger partial charge in [0.2, 0.25) is 5.91 Å². The summed E-state index contributed by atoms with van der Waals surface area (Å²) in [5.41, 5.74) is 1.54. The van der Waals surface area contributed by atoms with Gasteiger partial charge in [0, 0.05) is 22.9 Å². The van der Waals surface area contributed by atoms with E-state index in [0.29, 0.717) is 57.5 Å². The summed E-state index contributed by atoms with van der Waals surface area (Å²) in [5.74, 6) is 0.893. The van der Waals surface area contributed by atoms with Crippen LogP contribution < -0.4 is 10.1 Å². The van der Waals surface area contributed by atoms with Gasteiger partial charge in [0.25, 0.3) is 0 Å². The number of thiophene rings is 1. The summed E-state index contributed by atoms with van der Waals surface area (Å²) in [6, 6.07) is 5.12. The lowest BCUT2D eigenvalue weighted by atomic mass is 10.1. The van der Waals surface area contributed by atoms with Crippen molar-refractivity contribution in [2.24, 2.45) is 0 Å². The van der Waals surface area contributed by atoms with E-state index >= 15 is 0 Å². The van der Waals surface area contributed by atoms with Crippen LogP contribution in [0.2, 0.25) is 10.0 Å². The van der Waals surface area contributed by atoms with Gasteiger partial charge in [0.05, 0.1) is 29.6 Å². The monoisotopic (exact) mass is 622 g/mol. The Kier molecular flexibility index (Phi) is 11.3. The predicted octanol–water partition coefficient (Wildman–Crippen LogP) is 7.02. The number of fused-ring (bicyclic) bond motifs is 1. The number of rotatable bonds is 13. The summed E-state index contributed by atoms with van der Waals surface area (Å²) in [5, 5.41) is 13.8. The number of carbonyl (C=O) groups excluding carboxylic acids is 2. The van der Waals surface area contributed by atoms with Crippen LogP contribution in [-0.2, 0) is 35.3 Å². The molecule has 4 rings (SSSR count). The molecule has 12 heteroatoms. The van der Waals surface area contributed by atoms with E-state index in [-0.39, 0.29) is 24.2 Å². The summed E-state index contributed by atoms with van der Waals surface area (Å²) in [6.07, 6.45) is 8.09. The SMILES string of the molecule is C=CCn1c(CCCOc2ccc(Cl)cc2Cl)nnc1SCC(=O)Nc1sc2c(c1C(=O)OCC)CCCCC2. The van der Waals surface area contributed by atoms with Gasteiger partial charge in [-0.05, 0) is 62.8 Å². The van der Waals surface area contributed by atoms with Crippen molar-refractivity contribution < 1.29 is 19.1 Å². The van der Waals surface area contributed by atoms with Gasteiger partial charge in [-0.25, -0.2) is 4.79 Å². The molecule has 214 valence electrons. The van der Waals surface area contributed by atoms with Crippen LogP contribution in [0.25, 0.3) is 0 Å². The first kappa shape index (κ1) is 30.4. The van der Waals surface area contributed by atoms with Crippen LogP contribution in [0.15, 0.2) is 36.0 Å². The molecule has 3 aromatic rings. The smallest absolute Gasteiger partial charge is 0.341 e. The summed E-state index contributed by atoms with van der Waals surface area (Å²) in [6.45, 7) is 6.88. The standard InChI is InChI=1S/C28H32Cl2N4O4S2/c1-3-14-34-23(11-8-15-38-21-13-12-18(29)16-20(21)30)32-33-28(34)39-17-24(35)31-26-25(27(36)37-4-2)19-9-6-5-7-10-22(19)40-26/h3,12-13,16H,1,4-11,14-15,17H2,2H3,(H,31,35). The first-order valence-corrected chi connectivity index (χ1v) is 15.8. The van der Waals surface area contributed by atoms with Crippen molar-refractivity contribution in [3.63, 3.8) is 0 Å². The zero-order chi connectivity index (χ0) is 28.5. The Bertz CT molecular complexity index is 1360. The topological polar surface area (TPSA) is 95.3 Å². The molecular formula is C28H32Cl2N4O4S2. The molecule has 8 nitrogen and oxygen atoms in total. The number of amides is 1. The van der Waals surface area contributed by atoms with Gasteiger partial charge in [0.1, 0.15) is 16.6 Å². The lowest BCUT2D eigenvalue weighted by Gasteiger charge is -2.10. The van der Waals surface area contributed by atoms with Gasteiger partial charge in [0.15, 0.2) is 5.16 Å². The second-order valence-corrected chi connectivity index (χ2v) is 12.0. The molecule has 1 amide bonds. The fraction of sp³-hybridized carbons (Fsp3) is 0.429. The summed E-state index contributed by atoms with van der Waals surface area (Å²) < 4.78 is 13.0. The number of anilines is 1. The summed E-state index contributed by atoms with van der Waals surface area (Å²) >= 11 is 14.9. The molecular weight excluding hydrogens is 591 g/mol. The van der Waals surface area contributed by atoms with E-state index in [1.807, 2.05) is 4.57 Å². The number of carbonyl (C=O) groups is 2. The minimum absolute atomic E-state index is 0.123. The van der Waals surface area contributed by atoms with E-state index in [1.54, 1.807) is 31.2 Å². The number of benzene rings is 1. The number of esters is 1. The highest BCUT2D eigenvalue weighted by Crippen LogP contribution is 2.38. The molecule has 2 aromatic heterocycles. The number of thioether (sulfide) groups is 1. The van der Waals surface area contributed by atoms with E-state index < -0.39 is 0 Å². The summed E-state index contributed by atoms with van der Waals surface area (Å²) in [7, 11) is 0. The number of hydrogen-bond donors (Lipinski definition) is 1. The lowest BCUT2D eigenvalue weighted by molar-refractivity contribution is -0.113. The molecule has 1 aromatic carbocycles. The molecule has 1 N–H and O–H groups in total. The van der Waals surface area contributed by atoms with Gasteiger partial charge >= 0.3 is 5.97 Å². The highest BCUT2D eigenvalue weighted by atomic mass is 35.5. The number of allylic oxidation sites excluding steroid dienone is 1. The molecule has 0 radical (unpaired) electrons. The van der Waals surface area contributed by atoms with Crippen molar-refractivity contribution in [1.29, 1.82) is 0 Å². The minimum Gasteiger partial charge on any atom is -0.492 e. The zero-order valence-electron chi connectivity index (χ0n) is 22.3. The van der Waals surface area contributed by atoms with Crippen LogP contribution in [0, 0.1) is 0 Å². The zero-order valence-corrected chi connectivity index (χ0v) is 25.5. The Morgan fingerprint density at radius 2 is 2.05 bits per heavy atom. The van der Waals surface area contributed by atoms with Crippen LogP contribution in [-0.4, -0.2) is 45.6 Å². The number of halogens is 2. The first-order valence-electron chi connectivity index (χ1n) is 13.3. The number of nitrogens with one attached hydrogen (secondary N) is 1. The minimum atomic E-state index is -0.373. The molecule has 0 bridgehead atoms. The number of nitrogens with zero attached hydrogens (tertiary/aromatic N) is 3. The Balaban J connectivity index is 1.36. The largest absolute Gasteiger partial charge is 0.492 e. The van der Waals surface area contributed by atoms with Crippen LogP contribution in [0.5, 0.6) is 5.75 Å². The van der Waals surface area contributed by atoms with Crippen molar-refractivity contribution in [3.8, 4) is 5.75 Å². The lowest BCUT2D eigenvalue weighted by Crippen LogP contribution is -2.17. The van der Waals surface area contributed by atoms with Gasteiger partial charge in [-0.1, -0.05) is 47.5 Å². The Labute approximate surface area is 252 Å². The number of aryl methyl sites for hydroxylation is 2. The van der Waals surface area contributed by atoms with E-state index in [2.05, 4.69) is 22.1 Å². The number of aromatic nitrogens is 3. The van der Waals surface area contributed by atoms with Gasteiger partial charge in [-0.3, -0.25) is 4.79 Å². The average molecular weight is 624 g/mol. The van der Waals surface area contributed by atoms with Crippen LogP contribution in [0.4, 0.5) is 5.00 Å². The van der Waals surface area contributed by atoms with E-state index in [1.165, 1.54) is 28.0 Å². The third-order valence-corrected chi connectivity index (χ3v) is 8.99. The van der Waals surface area contributed by atoms with Crippen molar-refractivity contribution in [3.05, 3.63) is 62.7 Å². The molecule has 1 aliphatic rings. The molecule has 0 saturated heterocycles. The van der Waals surface area contributed by atoms with Crippen LogP contribution >= 0.6 is 46.3 Å². The third kappa shape index (κ3) is 7.81. The fourth-order valence-electron chi connectivity index (χ4n) is 4.47. The molecule has 0 fully saturated rings. The number of hydrogen-bond acceptors (Lipinski definition) is 8. The molecule has 1 aliphatic carbocycles. The van der Waals surface area contributed by atoms with Gasteiger partial charge < -0.3 is 19.4 Å². The van der Waals surface area contributed by atoms with E-state index in [4.69, 9.17) is 32.7 Å². The predicted molar refractivity (Wildman–Crippen MR) is 161 cm³/mol. The van der Waals surface area contributed by atoms with Crippen molar-refractivity contribution in [2.75, 3.05) is 24.3 Å². The Morgan fingerprint density at radius 1 is 1.23 bits per heavy atom. The Hall–Kier alpha value is -2.53.